The van der Waals surface area contributed by atoms with Gasteiger partial charge in [-0.05, 0) is 36.6 Å². The minimum atomic E-state index is 0.560. The number of nitrogens with two attached hydrogens (primary N) is 1. The van der Waals surface area contributed by atoms with Crippen LogP contribution in [0.4, 0.5) is 5.69 Å². The lowest BCUT2D eigenvalue weighted by atomic mass is 10.1. The van der Waals surface area contributed by atoms with Crippen LogP contribution in [0.5, 0.6) is 0 Å². The quantitative estimate of drug-likeness (QED) is 0.747. The second-order valence-electron chi connectivity index (χ2n) is 3.54. The van der Waals surface area contributed by atoms with Crippen LogP contribution in [0.15, 0.2) is 30.8 Å². The first-order valence-electron chi connectivity index (χ1n) is 5.46. The first kappa shape index (κ1) is 11.8. The largest absolute Gasteiger partial charge is 0.359 e. The molecule has 1 rings (SSSR count). The normalized spacial score (nSPS) is 10.1. The molecule has 0 spiro atoms. The summed E-state index contributed by atoms with van der Waals surface area (Å²) in [4.78, 5) is 2.12. The molecule has 0 unspecified atom stereocenters. The maximum Gasteiger partial charge on any atom is 0.0656 e. The zero-order chi connectivity index (χ0) is 11.3. The molecule has 0 aromatic heterocycles. The van der Waals surface area contributed by atoms with Crippen LogP contribution < -0.4 is 10.6 Å². The fraction of sp³-hybridized carbons (Fsp3) is 0.385. The zero-order valence-corrected chi connectivity index (χ0v) is 9.66. The van der Waals surface area contributed by atoms with Crippen LogP contribution in [-0.2, 0) is 0 Å². The first-order valence-corrected chi connectivity index (χ1v) is 5.46. The molecule has 0 aliphatic heterocycles. The third kappa shape index (κ3) is 2.83. The average molecular weight is 204 g/mol. The number of nitrogens with zero attached hydrogens (tertiary/aromatic N) is 1. The fourth-order valence-corrected chi connectivity index (χ4v) is 1.53. The monoisotopic (exact) mass is 204 g/mol. The van der Waals surface area contributed by atoms with Gasteiger partial charge in [0.2, 0.25) is 0 Å². The van der Waals surface area contributed by atoms with Crippen LogP contribution in [0.1, 0.15) is 25.8 Å². The molecule has 0 saturated carbocycles. The Morgan fingerprint density at radius 2 is 1.87 bits per heavy atom. The van der Waals surface area contributed by atoms with Gasteiger partial charge in [-0.3, -0.25) is 0 Å². The summed E-state index contributed by atoms with van der Waals surface area (Å²) >= 11 is 0. The molecule has 0 amide bonds. The lowest BCUT2D eigenvalue weighted by molar-refractivity contribution is 0.843. The molecule has 0 aliphatic rings. The summed E-state index contributed by atoms with van der Waals surface area (Å²) in [6.45, 7) is 9.74. The van der Waals surface area contributed by atoms with Gasteiger partial charge in [-0.1, -0.05) is 25.6 Å². The Kier molecular flexibility index (Phi) is 4.37. The molecule has 1 aromatic carbocycles. The zero-order valence-electron chi connectivity index (χ0n) is 9.66. The fourth-order valence-electron chi connectivity index (χ4n) is 1.53. The Labute approximate surface area is 92.4 Å². The van der Waals surface area contributed by atoms with Crippen molar-refractivity contribution < 1.29 is 0 Å². The Bertz CT molecular complexity index is 310. The van der Waals surface area contributed by atoms with Crippen molar-refractivity contribution in [1.82, 2.24) is 0 Å². The Hall–Kier alpha value is -1.28. The molecular formula is C13H20N2. The molecular weight excluding hydrogens is 184 g/mol. The molecule has 1 aromatic rings. The molecule has 0 heterocycles. The van der Waals surface area contributed by atoms with Crippen molar-refractivity contribution in [2.75, 3.05) is 18.1 Å². The van der Waals surface area contributed by atoms with E-state index in [1.54, 1.807) is 0 Å². The maximum atomic E-state index is 5.65. The highest BCUT2D eigenvalue weighted by Gasteiger charge is 2.02. The average Bonchev–Trinajstić information content (AvgIpc) is 2.30. The third-order valence-corrected chi connectivity index (χ3v) is 2.67. The van der Waals surface area contributed by atoms with Crippen LogP contribution in [0.25, 0.3) is 5.57 Å². The summed E-state index contributed by atoms with van der Waals surface area (Å²) in [6.07, 6.45) is 0.994. The smallest absolute Gasteiger partial charge is 0.0656 e. The van der Waals surface area contributed by atoms with E-state index in [0.29, 0.717) is 6.67 Å². The molecule has 2 nitrogen and oxygen atoms in total. The predicted molar refractivity (Wildman–Crippen MR) is 67.8 cm³/mol. The lowest BCUT2D eigenvalue weighted by Crippen LogP contribution is -2.29. The number of benzene rings is 1. The van der Waals surface area contributed by atoms with Crippen LogP contribution >= 0.6 is 0 Å². The van der Waals surface area contributed by atoms with E-state index in [-0.39, 0.29) is 0 Å². The number of anilines is 1. The van der Waals surface area contributed by atoms with Crippen LogP contribution in [0.3, 0.4) is 0 Å². The van der Waals surface area contributed by atoms with E-state index in [0.717, 1.165) is 13.0 Å². The van der Waals surface area contributed by atoms with Crippen molar-refractivity contribution in [2.45, 2.75) is 20.3 Å². The molecule has 0 aliphatic carbocycles. The van der Waals surface area contributed by atoms with Crippen molar-refractivity contribution in [1.29, 1.82) is 0 Å². The SMILES string of the molecule is C=C(CC)c1ccc(N(CC)CN)cc1. The number of hydrogen-bond acceptors (Lipinski definition) is 2. The van der Waals surface area contributed by atoms with E-state index < -0.39 is 0 Å². The maximum absolute atomic E-state index is 5.65. The van der Waals surface area contributed by atoms with Gasteiger partial charge in [0.15, 0.2) is 0 Å². The summed E-state index contributed by atoms with van der Waals surface area (Å²) < 4.78 is 0. The summed E-state index contributed by atoms with van der Waals surface area (Å²) in [5.74, 6) is 0. The van der Waals surface area contributed by atoms with Gasteiger partial charge < -0.3 is 10.6 Å². The van der Waals surface area contributed by atoms with Gasteiger partial charge in [-0.2, -0.15) is 0 Å². The van der Waals surface area contributed by atoms with Gasteiger partial charge in [-0.25, -0.2) is 0 Å². The van der Waals surface area contributed by atoms with E-state index >= 15 is 0 Å². The third-order valence-electron chi connectivity index (χ3n) is 2.67. The number of rotatable bonds is 5. The van der Waals surface area contributed by atoms with Crippen LogP contribution in [0, 0.1) is 0 Å². The Balaban J connectivity index is 2.84. The number of allylic oxidation sites excluding steroid dienone is 1. The van der Waals surface area contributed by atoms with Crippen molar-refractivity contribution >= 4 is 11.3 Å². The van der Waals surface area contributed by atoms with E-state index in [1.165, 1.54) is 16.8 Å². The van der Waals surface area contributed by atoms with Gasteiger partial charge in [0, 0.05) is 12.2 Å². The van der Waals surface area contributed by atoms with Gasteiger partial charge in [0.25, 0.3) is 0 Å². The van der Waals surface area contributed by atoms with Gasteiger partial charge in [-0.15, -0.1) is 0 Å². The summed E-state index contributed by atoms with van der Waals surface area (Å²) in [5, 5.41) is 0. The highest BCUT2D eigenvalue weighted by molar-refractivity contribution is 5.65. The number of hydrogen-bond donors (Lipinski definition) is 1. The van der Waals surface area contributed by atoms with Crippen LogP contribution in [-0.4, -0.2) is 13.2 Å². The molecule has 2 heteroatoms. The molecule has 0 radical (unpaired) electrons. The van der Waals surface area contributed by atoms with Crippen molar-refractivity contribution in [2.24, 2.45) is 5.73 Å². The Morgan fingerprint density at radius 3 is 2.27 bits per heavy atom. The minimum Gasteiger partial charge on any atom is -0.359 e. The van der Waals surface area contributed by atoms with Crippen molar-refractivity contribution in [3.8, 4) is 0 Å². The highest BCUT2D eigenvalue weighted by atomic mass is 15.2. The standard InChI is InChI=1S/C13H20N2/c1-4-11(3)12-6-8-13(9-7-12)15(5-2)10-14/h6-9H,3-5,10,14H2,1-2H3. The topological polar surface area (TPSA) is 29.3 Å². The summed E-state index contributed by atoms with van der Waals surface area (Å²) in [7, 11) is 0. The molecule has 0 bridgehead atoms. The van der Waals surface area contributed by atoms with E-state index in [9.17, 15) is 0 Å². The molecule has 0 fully saturated rings. The van der Waals surface area contributed by atoms with Crippen molar-refractivity contribution in [3.05, 3.63) is 36.4 Å². The van der Waals surface area contributed by atoms with Gasteiger partial charge in [0.05, 0.1) is 6.67 Å². The second kappa shape index (κ2) is 5.56. The first-order chi connectivity index (χ1) is 7.22. The minimum absolute atomic E-state index is 0.560. The second-order valence-corrected chi connectivity index (χ2v) is 3.54. The predicted octanol–water partition coefficient (Wildman–Crippen LogP) is 2.85. The van der Waals surface area contributed by atoms with E-state index in [1.807, 2.05) is 0 Å². The highest BCUT2D eigenvalue weighted by Crippen LogP contribution is 2.20. The molecule has 15 heavy (non-hydrogen) atoms. The van der Waals surface area contributed by atoms with E-state index in [2.05, 4.69) is 49.6 Å². The van der Waals surface area contributed by atoms with E-state index in [4.69, 9.17) is 5.73 Å². The van der Waals surface area contributed by atoms with Crippen LogP contribution in [0.2, 0.25) is 0 Å². The van der Waals surface area contributed by atoms with Gasteiger partial charge in [0.1, 0.15) is 0 Å². The molecule has 0 saturated heterocycles. The molecule has 2 N–H and O–H groups in total. The Morgan fingerprint density at radius 1 is 1.27 bits per heavy atom. The summed E-state index contributed by atoms with van der Waals surface area (Å²) in [5.41, 5.74) is 9.22. The van der Waals surface area contributed by atoms with Gasteiger partial charge >= 0.3 is 0 Å². The van der Waals surface area contributed by atoms with Crippen molar-refractivity contribution in [3.63, 3.8) is 0 Å². The summed E-state index contributed by atoms with van der Waals surface area (Å²) in [6, 6.07) is 8.43. The molecule has 0 atom stereocenters. The molecule has 82 valence electrons. The lowest BCUT2D eigenvalue weighted by Gasteiger charge is -2.20.